The van der Waals surface area contributed by atoms with Crippen LogP contribution >= 0.6 is 0 Å². The minimum absolute atomic E-state index is 0.130. The second-order valence-electron chi connectivity index (χ2n) is 7.99. The predicted molar refractivity (Wildman–Crippen MR) is 134 cm³/mol. The molecule has 11 heteroatoms. The Labute approximate surface area is 204 Å². The number of benzene rings is 2. The maximum atomic E-state index is 11.5. The lowest BCUT2D eigenvalue weighted by Gasteiger charge is -2.07. The van der Waals surface area contributed by atoms with Gasteiger partial charge in [0.2, 0.25) is 5.95 Å². The molecule has 184 valence electrons. The SMILES string of the molecule is CC(C)c1noc(-c2cnc(Nc3ccc(S(C)(=O)=O)cc3)nc2N)n1.OCCc1ccccc1. The van der Waals surface area contributed by atoms with E-state index < -0.39 is 9.84 Å². The normalized spacial score (nSPS) is 11.1. The van der Waals surface area contributed by atoms with E-state index in [0.717, 1.165) is 12.7 Å². The summed E-state index contributed by atoms with van der Waals surface area (Å²) in [5.74, 6) is 1.42. The molecular weight excluding hydrogens is 468 g/mol. The van der Waals surface area contributed by atoms with Crippen LogP contribution in [0.1, 0.15) is 31.2 Å². The van der Waals surface area contributed by atoms with Crippen molar-refractivity contribution in [1.82, 2.24) is 20.1 Å². The van der Waals surface area contributed by atoms with E-state index in [4.69, 9.17) is 15.4 Å². The number of nitrogens with two attached hydrogens (primary N) is 1. The van der Waals surface area contributed by atoms with Crippen LogP contribution in [0.25, 0.3) is 11.5 Å². The summed E-state index contributed by atoms with van der Waals surface area (Å²) in [5, 5.41) is 15.4. The van der Waals surface area contributed by atoms with Gasteiger partial charge in [0.05, 0.1) is 4.90 Å². The number of hydrogen-bond acceptors (Lipinski definition) is 10. The Morgan fingerprint density at radius 1 is 1.06 bits per heavy atom. The van der Waals surface area contributed by atoms with Gasteiger partial charge in [-0.2, -0.15) is 9.97 Å². The van der Waals surface area contributed by atoms with E-state index in [-0.39, 0.29) is 35.1 Å². The largest absolute Gasteiger partial charge is 0.396 e. The molecule has 0 spiro atoms. The Balaban J connectivity index is 0.000000320. The molecule has 2 heterocycles. The maximum Gasteiger partial charge on any atom is 0.263 e. The molecule has 0 radical (unpaired) electrons. The first-order valence-corrected chi connectivity index (χ1v) is 12.7. The lowest BCUT2D eigenvalue weighted by Crippen LogP contribution is -2.03. The molecule has 0 saturated carbocycles. The topological polar surface area (TPSA) is 157 Å². The van der Waals surface area contributed by atoms with Crippen LogP contribution in [-0.4, -0.2) is 46.5 Å². The zero-order valence-corrected chi connectivity index (χ0v) is 20.5. The zero-order chi connectivity index (χ0) is 25.4. The first-order valence-electron chi connectivity index (χ1n) is 10.9. The molecule has 0 atom stereocenters. The van der Waals surface area contributed by atoms with E-state index >= 15 is 0 Å². The molecule has 2 aromatic carbocycles. The molecule has 0 aliphatic heterocycles. The highest BCUT2D eigenvalue weighted by Gasteiger charge is 2.16. The molecule has 10 nitrogen and oxygen atoms in total. The molecule has 0 aliphatic carbocycles. The molecule has 0 unspecified atom stereocenters. The summed E-state index contributed by atoms with van der Waals surface area (Å²) in [5.41, 5.74) is 8.25. The van der Waals surface area contributed by atoms with Crippen molar-refractivity contribution < 1.29 is 18.0 Å². The van der Waals surface area contributed by atoms with Crippen molar-refractivity contribution in [2.75, 3.05) is 23.9 Å². The highest BCUT2D eigenvalue weighted by atomic mass is 32.2. The van der Waals surface area contributed by atoms with Gasteiger partial charge in [-0.25, -0.2) is 13.4 Å². The molecule has 2 aromatic heterocycles. The van der Waals surface area contributed by atoms with Crippen LogP contribution in [0.5, 0.6) is 0 Å². The molecule has 4 rings (SSSR count). The summed E-state index contributed by atoms with van der Waals surface area (Å²) in [6.07, 6.45) is 3.41. The maximum absolute atomic E-state index is 11.5. The van der Waals surface area contributed by atoms with E-state index in [1.807, 2.05) is 44.2 Å². The number of anilines is 3. The molecule has 4 aromatic rings. The number of nitrogens with one attached hydrogen (secondary N) is 1. The van der Waals surface area contributed by atoms with Gasteiger partial charge in [-0.15, -0.1) is 0 Å². The van der Waals surface area contributed by atoms with E-state index in [1.165, 1.54) is 23.9 Å². The van der Waals surface area contributed by atoms with E-state index in [2.05, 4.69) is 25.4 Å². The smallest absolute Gasteiger partial charge is 0.263 e. The van der Waals surface area contributed by atoms with E-state index in [9.17, 15) is 8.42 Å². The average molecular weight is 497 g/mol. The van der Waals surface area contributed by atoms with E-state index in [1.54, 1.807) is 12.1 Å². The number of hydrogen-bond donors (Lipinski definition) is 3. The second kappa shape index (κ2) is 11.5. The Morgan fingerprint density at radius 2 is 1.74 bits per heavy atom. The molecule has 4 N–H and O–H groups in total. The summed E-state index contributed by atoms with van der Waals surface area (Å²) in [7, 11) is -3.24. The van der Waals surface area contributed by atoms with Gasteiger partial charge in [-0.05, 0) is 36.2 Å². The fraction of sp³-hybridized carbons (Fsp3) is 0.250. The number of rotatable bonds is 7. The predicted octanol–water partition coefficient (Wildman–Crippen LogP) is 3.60. The summed E-state index contributed by atoms with van der Waals surface area (Å²) >= 11 is 0. The number of sulfone groups is 1. The van der Waals surface area contributed by atoms with Gasteiger partial charge >= 0.3 is 0 Å². The van der Waals surface area contributed by atoms with Gasteiger partial charge in [-0.3, -0.25) is 0 Å². The zero-order valence-electron chi connectivity index (χ0n) is 19.7. The van der Waals surface area contributed by atoms with Crippen LogP contribution in [0.3, 0.4) is 0 Å². The lowest BCUT2D eigenvalue weighted by molar-refractivity contribution is 0.299. The summed E-state index contributed by atoms with van der Waals surface area (Å²) in [4.78, 5) is 12.9. The average Bonchev–Trinajstić information content (AvgIpc) is 3.31. The molecule has 0 bridgehead atoms. The quantitative estimate of drug-likeness (QED) is 0.345. The Morgan fingerprint density at radius 3 is 2.29 bits per heavy atom. The molecule has 0 amide bonds. The van der Waals surface area contributed by atoms with Crippen molar-refractivity contribution in [3.05, 3.63) is 72.2 Å². The second-order valence-corrected chi connectivity index (χ2v) is 10.0. The number of aliphatic hydroxyl groups is 1. The number of nitrogen functional groups attached to an aromatic ring is 1. The van der Waals surface area contributed by atoms with Crippen molar-refractivity contribution >= 4 is 27.3 Å². The molecule has 35 heavy (non-hydrogen) atoms. The third kappa shape index (κ3) is 7.33. The standard InChI is InChI=1S/C16H18N6O3S.C8H10O/c1-9(2)14-21-15(25-22-14)12-8-18-16(20-13(12)17)19-10-4-6-11(7-5-10)26(3,23)24;9-7-6-8-4-2-1-3-5-8/h4-9H,1-3H3,(H3,17,18,19,20);1-5,9H,6-7H2. The van der Waals surface area contributed by atoms with Gasteiger partial charge < -0.3 is 20.7 Å². The van der Waals surface area contributed by atoms with Crippen LogP contribution in [0.15, 0.2) is 70.2 Å². The Bertz CT molecular complexity index is 1340. The van der Waals surface area contributed by atoms with Crippen LogP contribution < -0.4 is 11.1 Å². The highest BCUT2D eigenvalue weighted by Crippen LogP contribution is 2.25. The van der Waals surface area contributed by atoms with Gasteiger partial charge in [-0.1, -0.05) is 49.3 Å². The fourth-order valence-corrected chi connectivity index (χ4v) is 3.52. The minimum Gasteiger partial charge on any atom is -0.396 e. The van der Waals surface area contributed by atoms with Crippen LogP contribution in [0.2, 0.25) is 0 Å². The first kappa shape index (κ1) is 25.8. The Hall–Kier alpha value is -3.83. The van der Waals surface area contributed by atoms with Crippen molar-refractivity contribution in [3.8, 4) is 11.5 Å². The Kier molecular flexibility index (Phi) is 8.50. The van der Waals surface area contributed by atoms with Crippen molar-refractivity contribution in [1.29, 1.82) is 0 Å². The summed E-state index contributed by atoms with van der Waals surface area (Å²) in [6.45, 7) is 4.15. The monoisotopic (exact) mass is 496 g/mol. The fourth-order valence-electron chi connectivity index (χ4n) is 2.89. The number of nitrogens with zero attached hydrogens (tertiary/aromatic N) is 4. The van der Waals surface area contributed by atoms with Gasteiger partial charge in [0.25, 0.3) is 5.89 Å². The van der Waals surface area contributed by atoms with Gasteiger partial charge in [0.15, 0.2) is 15.7 Å². The lowest BCUT2D eigenvalue weighted by atomic mass is 10.2. The van der Waals surface area contributed by atoms with Crippen molar-refractivity contribution in [2.24, 2.45) is 0 Å². The molecular formula is C24H28N6O4S. The van der Waals surface area contributed by atoms with Gasteiger partial charge in [0.1, 0.15) is 11.4 Å². The van der Waals surface area contributed by atoms with Crippen LogP contribution in [0, 0.1) is 0 Å². The van der Waals surface area contributed by atoms with Crippen LogP contribution in [0.4, 0.5) is 17.5 Å². The third-order valence-corrected chi connectivity index (χ3v) is 5.92. The van der Waals surface area contributed by atoms with Gasteiger partial charge in [0, 0.05) is 30.7 Å². The minimum atomic E-state index is -3.24. The number of aromatic nitrogens is 4. The third-order valence-electron chi connectivity index (χ3n) is 4.79. The molecule has 0 aliphatic rings. The highest BCUT2D eigenvalue weighted by molar-refractivity contribution is 7.90. The van der Waals surface area contributed by atoms with E-state index in [0.29, 0.717) is 17.1 Å². The summed E-state index contributed by atoms with van der Waals surface area (Å²) in [6, 6.07) is 16.2. The van der Waals surface area contributed by atoms with Crippen LogP contribution in [-0.2, 0) is 16.3 Å². The summed E-state index contributed by atoms with van der Waals surface area (Å²) < 4.78 is 28.2. The van der Waals surface area contributed by atoms with Crippen molar-refractivity contribution in [3.63, 3.8) is 0 Å². The molecule has 0 fully saturated rings. The molecule has 0 saturated heterocycles. The number of aliphatic hydroxyl groups excluding tert-OH is 1. The first-order chi connectivity index (χ1) is 16.7. The van der Waals surface area contributed by atoms with Crippen molar-refractivity contribution in [2.45, 2.75) is 31.1 Å².